The van der Waals surface area contributed by atoms with Gasteiger partial charge in [0.25, 0.3) is 5.91 Å². The molecule has 2 aromatic carbocycles. The van der Waals surface area contributed by atoms with Crippen LogP contribution in [0.2, 0.25) is 0 Å². The van der Waals surface area contributed by atoms with Crippen molar-refractivity contribution in [3.8, 4) is 6.07 Å². The summed E-state index contributed by atoms with van der Waals surface area (Å²) in [5.41, 5.74) is 1.54. The quantitative estimate of drug-likeness (QED) is 0.798. The highest BCUT2D eigenvalue weighted by atomic mass is 79.9. The zero-order valence-corrected chi connectivity index (χ0v) is 14.5. The normalized spacial score (nSPS) is 11.2. The molecule has 2 aromatic rings. The number of rotatable bonds is 5. The second kappa shape index (κ2) is 8.27. The van der Waals surface area contributed by atoms with E-state index in [1.165, 1.54) is 12.1 Å². The maximum absolute atomic E-state index is 11.9. The number of halogens is 1. The van der Waals surface area contributed by atoms with E-state index in [4.69, 9.17) is 10.00 Å². The fourth-order valence-electron chi connectivity index (χ4n) is 2.05. The lowest BCUT2D eigenvalue weighted by Crippen LogP contribution is -2.31. The molecule has 0 aliphatic rings. The van der Waals surface area contributed by atoms with Crippen molar-refractivity contribution in [2.45, 2.75) is 13.0 Å². The first-order chi connectivity index (χ1) is 11.5. The van der Waals surface area contributed by atoms with Gasteiger partial charge in [-0.25, -0.2) is 4.79 Å². The summed E-state index contributed by atoms with van der Waals surface area (Å²) >= 11 is 3.35. The summed E-state index contributed by atoms with van der Waals surface area (Å²) in [6.45, 7) is 1.47. The maximum atomic E-state index is 11.9. The molecule has 1 amide bonds. The number of carbonyl (C=O) groups is 2. The van der Waals surface area contributed by atoms with Gasteiger partial charge >= 0.3 is 5.97 Å². The fraction of sp³-hybridized carbons (Fsp3) is 0.167. The topological polar surface area (TPSA) is 79.2 Å². The Morgan fingerprint density at radius 3 is 2.62 bits per heavy atom. The van der Waals surface area contributed by atoms with Gasteiger partial charge in [-0.1, -0.05) is 34.1 Å². The Morgan fingerprint density at radius 1 is 1.25 bits per heavy atom. The van der Waals surface area contributed by atoms with Crippen molar-refractivity contribution in [2.75, 3.05) is 6.61 Å². The molecule has 0 unspecified atom stereocenters. The van der Waals surface area contributed by atoms with Crippen LogP contribution < -0.4 is 5.32 Å². The summed E-state index contributed by atoms with van der Waals surface area (Å²) in [6.07, 6.45) is 0. The van der Waals surface area contributed by atoms with E-state index in [2.05, 4.69) is 21.2 Å². The number of nitriles is 1. The molecule has 6 heteroatoms. The van der Waals surface area contributed by atoms with Crippen LogP contribution in [0.25, 0.3) is 0 Å². The number of esters is 1. The molecule has 0 fully saturated rings. The Hall–Kier alpha value is -2.65. The molecular weight excluding hydrogens is 372 g/mol. The van der Waals surface area contributed by atoms with Crippen LogP contribution in [0.15, 0.2) is 53.0 Å². The van der Waals surface area contributed by atoms with Crippen molar-refractivity contribution in [1.82, 2.24) is 5.32 Å². The summed E-state index contributed by atoms with van der Waals surface area (Å²) in [5, 5.41) is 11.6. The third-order valence-corrected chi connectivity index (χ3v) is 3.84. The smallest absolute Gasteiger partial charge is 0.338 e. The number of hydrogen-bond donors (Lipinski definition) is 1. The lowest BCUT2D eigenvalue weighted by atomic mass is 10.1. The minimum atomic E-state index is -0.640. The third-order valence-electron chi connectivity index (χ3n) is 3.31. The number of hydrogen-bond acceptors (Lipinski definition) is 4. The number of ether oxygens (including phenoxy) is 1. The van der Waals surface area contributed by atoms with Crippen LogP contribution in [0.1, 0.15) is 34.5 Å². The minimum Gasteiger partial charge on any atom is -0.452 e. The van der Waals surface area contributed by atoms with Crippen LogP contribution in [-0.4, -0.2) is 18.5 Å². The van der Waals surface area contributed by atoms with Gasteiger partial charge in [-0.3, -0.25) is 4.79 Å². The summed E-state index contributed by atoms with van der Waals surface area (Å²) in [4.78, 5) is 23.8. The number of carbonyl (C=O) groups excluding carboxylic acids is 2. The van der Waals surface area contributed by atoms with Gasteiger partial charge in [-0.2, -0.15) is 5.26 Å². The molecule has 0 heterocycles. The van der Waals surface area contributed by atoms with E-state index in [-0.39, 0.29) is 18.2 Å². The van der Waals surface area contributed by atoms with E-state index in [1.807, 2.05) is 37.3 Å². The molecule has 0 aromatic heterocycles. The molecule has 0 saturated heterocycles. The first-order valence-corrected chi connectivity index (χ1v) is 8.01. The maximum Gasteiger partial charge on any atom is 0.338 e. The summed E-state index contributed by atoms with van der Waals surface area (Å²) < 4.78 is 5.93. The van der Waals surface area contributed by atoms with Crippen molar-refractivity contribution in [3.05, 3.63) is 69.7 Å². The van der Waals surface area contributed by atoms with Crippen LogP contribution in [0, 0.1) is 11.3 Å². The molecule has 2 rings (SSSR count). The van der Waals surface area contributed by atoms with E-state index >= 15 is 0 Å². The first kappa shape index (κ1) is 17.7. The summed E-state index contributed by atoms with van der Waals surface area (Å²) in [5.74, 6) is -1.03. The largest absolute Gasteiger partial charge is 0.452 e. The Kier molecular flexibility index (Phi) is 6.10. The van der Waals surface area contributed by atoms with Gasteiger partial charge in [0, 0.05) is 4.47 Å². The lowest BCUT2D eigenvalue weighted by Gasteiger charge is -2.14. The van der Waals surface area contributed by atoms with E-state index in [0.717, 1.165) is 10.0 Å². The Bertz CT molecular complexity index is 782. The van der Waals surface area contributed by atoms with Crippen LogP contribution >= 0.6 is 15.9 Å². The van der Waals surface area contributed by atoms with E-state index in [0.29, 0.717) is 5.56 Å². The van der Waals surface area contributed by atoms with Gasteiger partial charge in [0.1, 0.15) is 0 Å². The van der Waals surface area contributed by atoms with Crippen LogP contribution in [-0.2, 0) is 9.53 Å². The molecule has 0 bridgehead atoms. The Balaban J connectivity index is 1.87. The predicted octanol–water partition coefficient (Wildman–Crippen LogP) is 3.35. The average Bonchev–Trinajstić information content (AvgIpc) is 2.60. The van der Waals surface area contributed by atoms with E-state index in [1.54, 1.807) is 12.1 Å². The summed E-state index contributed by atoms with van der Waals surface area (Å²) in [7, 11) is 0. The van der Waals surface area contributed by atoms with Crippen molar-refractivity contribution in [3.63, 3.8) is 0 Å². The monoisotopic (exact) mass is 386 g/mol. The molecule has 1 atom stereocenters. The number of nitrogens with one attached hydrogen (secondary N) is 1. The highest BCUT2D eigenvalue weighted by Crippen LogP contribution is 2.16. The van der Waals surface area contributed by atoms with E-state index < -0.39 is 11.9 Å². The van der Waals surface area contributed by atoms with Gasteiger partial charge in [-0.05, 0) is 42.8 Å². The van der Waals surface area contributed by atoms with Crippen molar-refractivity contribution in [2.24, 2.45) is 0 Å². The van der Waals surface area contributed by atoms with Gasteiger partial charge in [0.2, 0.25) is 0 Å². The second-order valence-corrected chi connectivity index (χ2v) is 6.03. The number of amides is 1. The Labute approximate surface area is 148 Å². The van der Waals surface area contributed by atoms with Gasteiger partial charge in [0.05, 0.1) is 23.2 Å². The zero-order chi connectivity index (χ0) is 17.5. The molecule has 0 saturated carbocycles. The molecule has 24 heavy (non-hydrogen) atoms. The highest BCUT2D eigenvalue weighted by Gasteiger charge is 2.13. The van der Waals surface area contributed by atoms with Gasteiger partial charge < -0.3 is 10.1 Å². The molecule has 1 N–H and O–H groups in total. The van der Waals surface area contributed by atoms with E-state index in [9.17, 15) is 9.59 Å². The van der Waals surface area contributed by atoms with Crippen molar-refractivity contribution < 1.29 is 14.3 Å². The average molecular weight is 387 g/mol. The fourth-order valence-corrected chi connectivity index (χ4v) is 2.31. The molecule has 122 valence electrons. The SMILES string of the molecule is C[C@H](NC(=O)COC(=O)c1cccc(C#N)c1)c1ccc(Br)cc1. The number of nitrogens with zero attached hydrogens (tertiary/aromatic N) is 1. The molecule has 0 spiro atoms. The van der Waals surface area contributed by atoms with Crippen LogP contribution in [0.3, 0.4) is 0 Å². The molecule has 0 aliphatic carbocycles. The second-order valence-electron chi connectivity index (χ2n) is 5.11. The minimum absolute atomic E-state index is 0.203. The lowest BCUT2D eigenvalue weighted by molar-refractivity contribution is -0.124. The molecule has 0 radical (unpaired) electrons. The van der Waals surface area contributed by atoms with Gasteiger partial charge in [0.15, 0.2) is 6.61 Å². The predicted molar refractivity (Wildman–Crippen MR) is 92.1 cm³/mol. The van der Waals surface area contributed by atoms with Gasteiger partial charge in [-0.15, -0.1) is 0 Å². The molecule has 5 nitrogen and oxygen atoms in total. The molecule has 0 aliphatic heterocycles. The number of benzene rings is 2. The highest BCUT2D eigenvalue weighted by molar-refractivity contribution is 9.10. The Morgan fingerprint density at radius 2 is 1.96 bits per heavy atom. The standard InChI is InChI=1S/C18H15BrN2O3/c1-12(14-5-7-16(19)8-6-14)21-17(22)11-24-18(23)15-4-2-3-13(9-15)10-20/h2-9,12H,11H2,1H3,(H,21,22)/t12-/m0/s1. The third kappa shape index (κ3) is 4.93. The van der Waals surface area contributed by atoms with Crippen LogP contribution in [0.4, 0.5) is 0 Å². The zero-order valence-electron chi connectivity index (χ0n) is 13.0. The first-order valence-electron chi connectivity index (χ1n) is 7.21. The summed E-state index contributed by atoms with van der Waals surface area (Å²) in [6, 6.07) is 15.4. The van der Waals surface area contributed by atoms with Crippen molar-refractivity contribution in [1.29, 1.82) is 5.26 Å². The van der Waals surface area contributed by atoms with Crippen molar-refractivity contribution >= 4 is 27.8 Å². The van der Waals surface area contributed by atoms with Crippen LogP contribution in [0.5, 0.6) is 0 Å². The molecular formula is C18H15BrN2O3.